The summed E-state index contributed by atoms with van der Waals surface area (Å²) in [5.74, 6) is -0.957. The molecule has 0 saturated carbocycles. The van der Waals surface area contributed by atoms with Crippen molar-refractivity contribution in [3.8, 4) is 0 Å². The van der Waals surface area contributed by atoms with Crippen LogP contribution in [0.2, 0.25) is 0 Å². The molecule has 16 heavy (non-hydrogen) atoms. The van der Waals surface area contributed by atoms with E-state index in [1.54, 1.807) is 37.3 Å². The second kappa shape index (κ2) is 5.90. The van der Waals surface area contributed by atoms with Crippen LogP contribution in [0.4, 0.5) is 0 Å². The van der Waals surface area contributed by atoms with Gasteiger partial charge in [0.2, 0.25) is 6.29 Å². The number of benzene rings is 1. The number of esters is 2. The smallest absolute Gasteiger partial charge is 0.341 e. The van der Waals surface area contributed by atoms with Gasteiger partial charge in [-0.1, -0.05) is 25.1 Å². The standard InChI is InChI=1S/C12H14O4/c1-3-11(15-9(2)13)16-12(14)10-7-5-4-6-8-10/h4-8,11H,3H2,1-2H3. The molecular formula is C12H14O4. The minimum Gasteiger partial charge on any atom is -0.425 e. The SMILES string of the molecule is CCC(OC(C)=O)OC(=O)c1ccccc1. The number of rotatable bonds is 4. The lowest BCUT2D eigenvalue weighted by Gasteiger charge is -2.15. The summed E-state index contributed by atoms with van der Waals surface area (Å²) in [5.41, 5.74) is 0.438. The topological polar surface area (TPSA) is 52.6 Å². The Labute approximate surface area is 94.2 Å². The van der Waals surface area contributed by atoms with Crippen LogP contribution in [0.5, 0.6) is 0 Å². The molecule has 1 unspecified atom stereocenters. The summed E-state index contributed by atoms with van der Waals surface area (Å²) in [5, 5.41) is 0. The first-order valence-electron chi connectivity index (χ1n) is 5.06. The number of ether oxygens (including phenoxy) is 2. The lowest BCUT2D eigenvalue weighted by atomic mass is 10.2. The lowest BCUT2D eigenvalue weighted by Crippen LogP contribution is -2.22. The van der Waals surface area contributed by atoms with Crippen molar-refractivity contribution in [2.24, 2.45) is 0 Å². The van der Waals surface area contributed by atoms with E-state index in [9.17, 15) is 9.59 Å². The van der Waals surface area contributed by atoms with Gasteiger partial charge >= 0.3 is 11.9 Å². The molecule has 0 aliphatic rings. The average Bonchev–Trinajstić information content (AvgIpc) is 2.28. The summed E-state index contributed by atoms with van der Waals surface area (Å²) in [6.07, 6.45) is -0.386. The van der Waals surface area contributed by atoms with Crippen molar-refractivity contribution < 1.29 is 19.1 Å². The van der Waals surface area contributed by atoms with Gasteiger partial charge in [0, 0.05) is 13.3 Å². The Morgan fingerprint density at radius 3 is 2.31 bits per heavy atom. The molecule has 4 nitrogen and oxygen atoms in total. The minimum atomic E-state index is -0.815. The molecule has 0 fully saturated rings. The highest BCUT2D eigenvalue weighted by Crippen LogP contribution is 2.07. The second-order valence-electron chi connectivity index (χ2n) is 3.22. The highest BCUT2D eigenvalue weighted by molar-refractivity contribution is 5.89. The van der Waals surface area contributed by atoms with Crippen molar-refractivity contribution in [2.45, 2.75) is 26.6 Å². The van der Waals surface area contributed by atoms with Gasteiger partial charge in [0.25, 0.3) is 0 Å². The van der Waals surface area contributed by atoms with E-state index in [0.717, 1.165) is 0 Å². The molecule has 0 aliphatic carbocycles. The second-order valence-corrected chi connectivity index (χ2v) is 3.22. The molecule has 0 aliphatic heterocycles. The summed E-state index contributed by atoms with van der Waals surface area (Å²) in [6, 6.07) is 8.57. The van der Waals surface area contributed by atoms with E-state index >= 15 is 0 Å². The van der Waals surface area contributed by atoms with E-state index in [-0.39, 0.29) is 0 Å². The molecule has 0 bridgehead atoms. The number of carbonyl (C=O) groups is 2. The third-order valence-electron chi connectivity index (χ3n) is 1.88. The van der Waals surface area contributed by atoms with E-state index in [1.165, 1.54) is 6.92 Å². The molecule has 0 spiro atoms. The first kappa shape index (κ1) is 12.2. The summed E-state index contributed by atoms with van der Waals surface area (Å²) in [6.45, 7) is 3.05. The fourth-order valence-electron chi connectivity index (χ4n) is 1.14. The number of hydrogen-bond acceptors (Lipinski definition) is 4. The maximum Gasteiger partial charge on any atom is 0.341 e. The van der Waals surface area contributed by atoms with Gasteiger partial charge in [0.05, 0.1) is 5.56 Å². The van der Waals surface area contributed by atoms with Crippen molar-refractivity contribution in [2.75, 3.05) is 0 Å². The molecule has 86 valence electrons. The van der Waals surface area contributed by atoms with Gasteiger partial charge in [0.15, 0.2) is 0 Å². The summed E-state index contributed by atoms with van der Waals surface area (Å²) >= 11 is 0. The lowest BCUT2D eigenvalue weighted by molar-refractivity contribution is -0.166. The van der Waals surface area contributed by atoms with Crippen LogP contribution in [-0.2, 0) is 14.3 Å². The Bertz CT molecular complexity index is 359. The van der Waals surface area contributed by atoms with Crippen LogP contribution < -0.4 is 0 Å². The van der Waals surface area contributed by atoms with Gasteiger partial charge in [-0.3, -0.25) is 4.79 Å². The predicted octanol–water partition coefficient (Wildman–Crippen LogP) is 2.14. The van der Waals surface area contributed by atoms with Crippen LogP contribution in [0.25, 0.3) is 0 Å². The largest absolute Gasteiger partial charge is 0.425 e. The maximum atomic E-state index is 11.6. The van der Waals surface area contributed by atoms with E-state index in [2.05, 4.69) is 0 Å². The molecule has 0 heterocycles. The molecule has 0 amide bonds. The minimum absolute atomic E-state index is 0.429. The molecule has 4 heteroatoms. The first-order chi connectivity index (χ1) is 7.63. The Morgan fingerprint density at radius 2 is 1.81 bits per heavy atom. The zero-order chi connectivity index (χ0) is 12.0. The summed E-state index contributed by atoms with van der Waals surface area (Å²) in [7, 11) is 0. The first-order valence-corrected chi connectivity index (χ1v) is 5.06. The van der Waals surface area contributed by atoms with Gasteiger partial charge in [0.1, 0.15) is 0 Å². The normalized spacial score (nSPS) is 11.6. The molecule has 1 rings (SSSR count). The van der Waals surface area contributed by atoms with E-state index in [1.807, 2.05) is 0 Å². The Hall–Kier alpha value is -1.84. The van der Waals surface area contributed by atoms with Gasteiger partial charge in [-0.2, -0.15) is 0 Å². The molecule has 1 atom stereocenters. The van der Waals surface area contributed by atoms with Crippen LogP contribution in [-0.4, -0.2) is 18.2 Å². The van der Waals surface area contributed by atoms with Gasteiger partial charge in [-0.15, -0.1) is 0 Å². The fourth-order valence-corrected chi connectivity index (χ4v) is 1.14. The van der Waals surface area contributed by atoms with Crippen molar-refractivity contribution in [3.05, 3.63) is 35.9 Å². The van der Waals surface area contributed by atoms with E-state index in [4.69, 9.17) is 9.47 Å². The van der Waals surface area contributed by atoms with Gasteiger partial charge in [-0.05, 0) is 12.1 Å². The van der Waals surface area contributed by atoms with Crippen molar-refractivity contribution >= 4 is 11.9 Å². The third-order valence-corrected chi connectivity index (χ3v) is 1.88. The molecular weight excluding hydrogens is 208 g/mol. The number of hydrogen-bond donors (Lipinski definition) is 0. The van der Waals surface area contributed by atoms with Crippen molar-refractivity contribution in [3.63, 3.8) is 0 Å². The van der Waals surface area contributed by atoms with E-state index < -0.39 is 18.2 Å². The highest BCUT2D eigenvalue weighted by Gasteiger charge is 2.16. The molecule has 1 aromatic rings. The van der Waals surface area contributed by atoms with Crippen LogP contribution in [0.15, 0.2) is 30.3 Å². The average molecular weight is 222 g/mol. The summed E-state index contributed by atoms with van der Waals surface area (Å²) in [4.78, 5) is 22.3. The predicted molar refractivity (Wildman–Crippen MR) is 57.7 cm³/mol. The molecule has 0 aromatic heterocycles. The zero-order valence-corrected chi connectivity index (χ0v) is 9.30. The van der Waals surface area contributed by atoms with Crippen LogP contribution >= 0.6 is 0 Å². The van der Waals surface area contributed by atoms with Crippen LogP contribution in [0.1, 0.15) is 30.6 Å². The molecule has 0 saturated heterocycles. The van der Waals surface area contributed by atoms with Gasteiger partial charge in [-0.25, -0.2) is 4.79 Å². The quantitative estimate of drug-likeness (QED) is 0.578. The third kappa shape index (κ3) is 3.73. The summed E-state index contributed by atoms with van der Waals surface area (Å²) < 4.78 is 9.82. The molecule has 0 radical (unpaired) electrons. The number of carbonyl (C=O) groups excluding carboxylic acids is 2. The monoisotopic (exact) mass is 222 g/mol. The van der Waals surface area contributed by atoms with Crippen molar-refractivity contribution in [1.82, 2.24) is 0 Å². The fraction of sp³-hybridized carbons (Fsp3) is 0.333. The highest BCUT2D eigenvalue weighted by atomic mass is 16.7. The zero-order valence-electron chi connectivity index (χ0n) is 9.30. The van der Waals surface area contributed by atoms with Gasteiger partial charge < -0.3 is 9.47 Å². The van der Waals surface area contributed by atoms with E-state index in [0.29, 0.717) is 12.0 Å². The molecule has 0 N–H and O–H groups in total. The van der Waals surface area contributed by atoms with Crippen LogP contribution in [0.3, 0.4) is 0 Å². The Kier molecular flexibility index (Phi) is 4.51. The maximum absolute atomic E-state index is 11.6. The Balaban J connectivity index is 2.59. The van der Waals surface area contributed by atoms with Crippen LogP contribution in [0, 0.1) is 0 Å². The van der Waals surface area contributed by atoms with Crippen molar-refractivity contribution in [1.29, 1.82) is 0 Å². The molecule has 1 aromatic carbocycles. The Morgan fingerprint density at radius 1 is 1.19 bits per heavy atom.